The molecule has 5 nitrogen and oxygen atoms in total. The van der Waals surface area contributed by atoms with Gasteiger partial charge in [-0.2, -0.15) is 0 Å². The lowest BCUT2D eigenvalue weighted by Gasteiger charge is -2.07. The molecule has 1 rings (SSSR count). The molecule has 13 heavy (non-hydrogen) atoms. The van der Waals surface area contributed by atoms with Crippen molar-refractivity contribution in [3.8, 4) is 11.5 Å². The molecule has 0 fully saturated rings. The van der Waals surface area contributed by atoms with Gasteiger partial charge in [0.25, 0.3) is 0 Å². The van der Waals surface area contributed by atoms with Gasteiger partial charge < -0.3 is 19.6 Å². The summed E-state index contributed by atoms with van der Waals surface area (Å²) in [6, 6.07) is 3.65. The molecule has 0 spiro atoms. The van der Waals surface area contributed by atoms with E-state index in [0.717, 1.165) is 12.1 Å². The maximum absolute atomic E-state index is 10.7. The average Bonchev–Trinajstić information content (AvgIpc) is 2.01. The topological polar surface area (TPSA) is 87.0 Å². The fraction of sp³-hybridized carbons (Fsp3) is 0.143. The number of aromatic hydroxyl groups is 1. The highest BCUT2D eigenvalue weighted by Crippen LogP contribution is 2.37. The molecule has 3 N–H and O–H groups in total. The lowest BCUT2D eigenvalue weighted by molar-refractivity contribution is 0.383. The Morgan fingerprint density at radius 2 is 2.00 bits per heavy atom. The monoisotopic (exact) mass is 204 g/mol. The molecule has 0 saturated heterocycles. The van der Waals surface area contributed by atoms with Crippen molar-refractivity contribution in [2.75, 3.05) is 7.11 Å². The van der Waals surface area contributed by atoms with Gasteiger partial charge >= 0.3 is 7.60 Å². The van der Waals surface area contributed by atoms with Gasteiger partial charge in [-0.05, 0) is 12.1 Å². The lowest BCUT2D eigenvalue weighted by Crippen LogP contribution is -2.04. The summed E-state index contributed by atoms with van der Waals surface area (Å²) in [7, 11) is -3.00. The zero-order valence-corrected chi connectivity index (χ0v) is 7.73. The molecular weight excluding hydrogens is 195 g/mol. The van der Waals surface area contributed by atoms with Crippen molar-refractivity contribution in [2.24, 2.45) is 0 Å². The lowest BCUT2D eigenvalue weighted by atomic mass is 10.3. The Balaban J connectivity index is 3.21. The molecule has 0 aliphatic rings. The van der Waals surface area contributed by atoms with E-state index in [1.807, 2.05) is 0 Å². The molecule has 0 atom stereocenters. The maximum Gasteiger partial charge on any atom is 0.359 e. The highest BCUT2D eigenvalue weighted by molar-refractivity contribution is 7.60. The molecular formula is C7H9O5P. The zero-order chi connectivity index (χ0) is 10.1. The Kier molecular flexibility index (Phi) is 2.61. The summed E-state index contributed by atoms with van der Waals surface area (Å²) in [5, 5.41) is 8.79. The van der Waals surface area contributed by atoms with Crippen molar-refractivity contribution < 1.29 is 24.2 Å². The van der Waals surface area contributed by atoms with E-state index in [4.69, 9.17) is 14.5 Å². The van der Waals surface area contributed by atoms with Gasteiger partial charge in [-0.1, -0.05) is 0 Å². The van der Waals surface area contributed by atoms with Gasteiger partial charge in [-0.25, -0.2) is 0 Å². The van der Waals surface area contributed by atoms with Gasteiger partial charge in [-0.3, -0.25) is 4.57 Å². The average molecular weight is 204 g/mol. The van der Waals surface area contributed by atoms with Gasteiger partial charge in [0.2, 0.25) is 0 Å². The Hall–Kier alpha value is -1.03. The zero-order valence-electron chi connectivity index (χ0n) is 6.84. The molecule has 0 saturated carbocycles. The molecule has 0 aromatic heterocycles. The highest BCUT2D eigenvalue weighted by Gasteiger charge is 2.21. The molecule has 0 amide bonds. The minimum atomic E-state index is -4.39. The van der Waals surface area contributed by atoms with Crippen LogP contribution in [0.2, 0.25) is 0 Å². The van der Waals surface area contributed by atoms with Gasteiger partial charge in [0.05, 0.1) is 7.11 Å². The summed E-state index contributed by atoms with van der Waals surface area (Å²) < 4.78 is 15.5. The van der Waals surface area contributed by atoms with Crippen molar-refractivity contribution in [1.82, 2.24) is 0 Å². The van der Waals surface area contributed by atoms with Crippen LogP contribution in [0.4, 0.5) is 0 Å². The maximum atomic E-state index is 10.7. The third-order valence-corrected chi connectivity index (χ3v) is 2.50. The molecule has 0 bridgehead atoms. The van der Waals surface area contributed by atoms with Gasteiger partial charge in [0, 0.05) is 6.07 Å². The Bertz CT molecular complexity index is 356. The van der Waals surface area contributed by atoms with Crippen LogP contribution in [-0.4, -0.2) is 22.0 Å². The summed E-state index contributed by atoms with van der Waals surface area (Å²) in [5.74, 6) is -0.123. The van der Waals surface area contributed by atoms with Gasteiger partial charge in [0.15, 0.2) is 0 Å². The van der Waals surface area contributed by atoms with E-state index in [1.165, 1.54) is 13.2 Å². The van der Waals surface area contributed by atoms with E-state index in [-0.39, 0.29) is 0 Å². The summed E-state index contributed by atoms with van der Waals surface area (Å²) >= 11 is 0. The summed E-state index contributed by atoms with van der Waals surface area (Å²) in [4.78, 5) is 17.5. The van der Waals surface area contributed by atoms with Crippen LogP contribution in [0.1, 0.15) is 0 Å². The molecule has 0 aliphatic carbocycles. The highest BCUT2D eigenvalue weighted by atomic mass is 31.2. The predicted molar refractivity (Wildman–Crippen MR) is 46.3 cm³/mol. The van der Waals surface area contributed by atoms with Crippen LogP contribution in [0.25, 0.3) is 0 Å². The molecule has 1 aromatic rings. The smallest absolute Gasteiger partial charge is 0.359 e. The van der Waals surface area contributed by atoms with Crippen molar-refractivity contribution in [3.63, 3.8) is 0 Å². The van der Waals surface area contributed by atoms with E-state index in [2.05, 4.69) is 0 Å². The molecule has 0 unspecified atom stereocenters. The van der Waals surface area contributed by atoms with E-state index < -0.39 is 18.6 Å². The van der Waals surface area contributed by atoms with Crippen LogP contribution >= 0.6 is 7.60 Å². The number of methoxy groups -OCH3 is 1. The number of hydrogen-bond acceptors (Lipinski definition) is 3. The standard InChI is InChI=1S/C7H9O5P/c1-12-5-2-3-7(6(8)4-5)13(9,10)11/h2-4,8H,1H3,(H2,9,10,11). The predicted octanol–water partition coefficient (Wildman–Crippen LogP) is 0.204. The summed E-state index contributed by atoms with van der Waals surface area (Å²) in [6.45, 7) is 0. The van der Waals surface area contributed by atoms with Gasteiger partial charge in [-0.15, -0.1) is 0 Å². The number of hydrogen-bond donors (Lipinski definition) is 3. The van der Waals surface area contributed by atoms with E-state index in [9.17, 15) is 9.67 Å². The van der Waals surface area contributed by atoms with Crippen LogP contribution < -0.4 is 10.0 Å². The summed E-state index contributed by atoms with van der Waals surface area (Å²) in [6.07, 6.45) is 0. The van der Waals surface area contributed by atoms with Crippen molar-refractivity contribution in [2.45, 2.75) is 0 Å². The third kappa shape index (κ3) is 2.21. The quantitative estimate of drug-likeness (QED) is 0.599. The molecule has 6 heteroatoms. The first-order valence-electron chi connectivity index (χ1n) is 3.38. The minimum absolute atomic E-state index is 0.342. The van der Waals surface area contributed by atoms with E-state index in [0.29, 0.717) is 5.75 Å². The second kappa shape index (κ2) is 3.38. The fourth-order valence-electron chi connectivity index (χ4n) is 0.877. The van der Waals surface area contributed by atoms with Crippen molar-refractivity contribution in [3.05, 3.63) is 18.2 Å². The van der Waals surface area contributed by atoms with E-state index in [1.54, 1.807) is 0 Å². The van der Waals surface area contributed by atoms with E-state index >= 15 is 0 Å². The second-order valence-electron chi connectivity index (χ2n) is 2.40. The first-order chi connectivity index (χ1) is 5.95. The van der Waals surface area contributed by atoms with Gasteiger partial charge in [0.1, 0.15) is 16.8 Å². The SMILES string of the molecule is COc1ccc(P(=O)(O)O)c(O)c1. The number of phenols is 1. The molecule has 1 aromatic carbocycles. The first-order valence-corrected chi connectivity index (χ1v) is 4.99. The van der Waals surface area contributed by atoms with Crippen LogP contribution in [-0.2, 0) is 4.57 Å². The largest absolute Gasteiger partial charge is 0.507 e. The Morgan fingerprint density at radius 3 is 2.38 bits per heavy atom. The summed E-state index contributed by atoms with van der Waals surface area (Å²) in [5.41, 5.74) is 0. The third-order valence-electron chi connectivity index (χ3n) is 1.50. The molecule has 72 valence electrons. The number of rotatable bonds is 2. The number of benzene rings is 1. The van der Waals surface area contributed by atoms with Crippen molar-refractivity contribution in [1.29, 1.82) is 0 Å². The number of ether oxygens (including phenoxy) is 1. The second-order valence-corrected chi connectivity index (χ2v) is 3.97. The normalized spacial score (nSPS) is 11.3. The van der Waals surface area contributed by atoms with Crippen LogP contribution in [0, 0.1) is 0 Å². The molecule has 0 aliphatic heterocycles. The van der Waals surface area contributed by atoms with Crippen LogP contribution in [0.3, 0.4) is 0 Å². The minimum Gasteiger partial charge on any atom is -0.507 e. The Morgan fingerprint density at radius 1 is 1.38 bits per heavy atom. The van der Waals surface area contributed by atoms with Crippen LogP contribution in [0.15, 0.2) is 18.2 Å². The molecule has 0 radical (unpaired) electrons. The first kappa shape index (κ1) is 10.1. The number of phenolic OH excluding ortho intramolecular Hbond substituents is 1. The van der Waals surface area contributed by atoms with Crippen LogP contribution in [0.5, 0.6) is 11.5 Å². The fourth-order valence-corrected chi connectivity index (χ4v) is 1.51. The molecule has 0 heterocycles. The van der Waals surface area contributed by atoms with Crippen molar-refractivity contribution >= 4 is 12.9 Å². The Labute approximate surface area is 74.8 Å².